The van der Waals surface area contributed by atoms with Crippen molar-refractivity contribution < 1.29 is 4.79 Å². The molecule has 5 rings (SSSR count). The van der Waals surface area contributed by atoms with Gasteiger partial charge >= 0.3 is 0 Å². The van der Waals surface area contributed by atoms with Crippen LogP contribution in [-0.4, -0.2) is 41.0 Å². The van der Waals surface area contributed by atoms with Gasteiger partial charge in [-0.25, -0.2) is 9.97 Å². The first-order valence-corrected chi connectivity index (χ1v) is 8.61. The highest BCUT2D eigenvalue weighted by atomic mass is 16.2. The Kier molecular flexibility index (Phi) is 2.92. The van der Waals surface area contributed by atoms with Crippen LogP contribution in [0.15, 0.2) is 42.9 Å². The van der Waals surface area contributed by atoms with Crippen molar-refractivity contribution in [2.45, 2.75) is 18.3 Å². The van der Waals surface area contributed by atoms with E-state index in [0.29, 0.717) is 6.54 Å². The Hall–Kier alpha value is -2.89. The molecule has 2 aromatic heterocycles. The molecule has 25 heavy (non-hydrogen) atoms. The molecule has 1 amide bonds. The Morgan fingerprint density at radius 2 is 2.08 bits per heavy atom. The summed E-state index contributed by atoms with van der Waals surface area (Å²) >= 11 is 0. The second kappa shape index (κ2) is 5.05. The number of carbonyl (C=O) groups excluding carboxylic acids is 1. The lowest BCUT2D eigenvalue weighted by Crippen LogP contribution is -2.51. The summed E-state index contributed by atoms with van der Waals surface area (Å²) in [5, 5.41) is 0. The maximum atomic E-state index is 13.2. The summed E-state index contributed by atoms with van der Waals surface area (Å²) < 4.78 is 0. The number of para-hydroxylation sites is 1. The van der Waals surface area contributed by atoms with Gasteiger partial charge in [0.25, 0.3) is 0 Å². The largest absolute Gasteiger partial charge is 0.357 e. The molecule has 6 nitrogen and oxygen atoms in total. The van der Waals surface area contributed by atoms with E-state index in [2.05, 4.69) is 25.9 Å². The number of aromatic amines is 1. The van der Waals surface area contributed by atoms with Gasteiger partial charge in [-0.3, -0.25) is 4.79 Å². The van der Waals surface area contributed by atoms with Crippen LogP contribution in [0.4, 0.5) is 11.5 Å². The van der Waals surface area contributed by atoms with Crippen LogP contribution in [0.3, 0.4) is 0 Å². The first kappa shape index (κ1) is 14.5. The number of hydrogen-bond donors (Lipinski definition) is 1. The number of rotatable bonds is 1. The van der Waals surface area contributed by atoms with Crippen LogP contribution in [0.2, 0.25) is 0 Å². The van der Waals surface area contributed by atoms with Gasteiger partial charge in [0.2, 0.25) is 5.91 Å². The molecule has 6 heteroatoms. The normalized spacial score (nSPS) is 22.8. The van der Waals surface area contributed by atoms with E-state index in [-0.39, 0.29) is 5.91 Å². The molecule has 1 atom stereocenters. The number of nitrogens with zero attached hydrogens (tertiary/aromatic N) is 4. The first-order valence-electron chi connectivity index (χ1n) is 8.61. The monoisotopic (exact) mass is 333 g/mol. The average molecular weight is 333 g/mol. The number of aromatic nitrogens is 3. The first-order chi connectivity index (χ1) is 12.2. The van der Waals surface area contributed by atoms with Crippen molar-refractivity contribution in [3.63, 3.8) is 0 Å². The molecule has 2 aliphatic heterocycles. The number of benzene rings is 1. The van der Waals surface area contributed by atoms with E-state index in [1.165, 1.54) is 0 Å². The Bertz CT molecular complexity index is 981. The van der Waals surface area contributed by atoms with Crippen molar-refractivity contribution in [1.82, 2.24) is 15.0 Å². The van der Waals surface area contributed by atoms with Crippen molar-refractivity contribution in [2.75, 3.05) is 29.9 Å². The number of H-pyrrole nitrogens is 1. The fourth-order valence-corrected chi connectivity index (χ4v) is 4.45. The van der Waals surface area contributed by atoms with Crippen molar-refractivity contribution in [2.24, 2.45) is 0 Å². The van der Waals surface area contributed by atoms with E-state index < -0.39 is 5.41 Å². The van der Waals surface area contributed by atoms with Gasteiger partial charge in [-0.1, -0.05) is 18.2 Å². The molecular formula is C19H19N5O. The number of fused-ring (bicyclic) bond motifs is 3. The Morgan fingerprint density at radius 3 is 3.00 bits per heavy atom. The third-order valence-electron chi connectivity index (χ3n) is 5.61. The van der Waals surface area contributed by atoms with E-state index >= 15 is 0 Å². The second-order valence-electron chi connectivity index (χ2n) is 6.92. The summed E-state index contributed by atoms with van der Waals surface area (Å²) in [7, 11) is 1.88. The third-order valence-corrected chi connectivity index (χ3v) is 5.61. The zero-order valence-corrected chi connectivity index (χ0v) is 14.1. The van der Waals surface area contributed by atoms with Crippen molar-refractivity contribution in [3.8, 4) is 0 Å². The number of likely N-dealkylation sites (N-methyl/N-ethyl adjacent to an activating group) is 1. The van der Waals surface area contributed by atoms with Crippen molar-refractivity contribution in [3.05, 3.63) is 48.4 Å². The van der Waals surface area contributed by atoms with Gasteiger partial charge in [0.15, 0.2) is 5.82 Å². The highest BCUT2D eigenvalue weighted by molar-refractivity contribution is 6.08. The highest BCUT2D eigenvalue weighted by Gasteiger charge is 2.51. The van der Waals surface area contributed by atoms with Gasteiger partial charge in [0.05, 0.1) is 10.9 Å². The van der Waals surface area contributed by atoms with E-state index in [0.717, 1.165) is 47.5 Å². The summed E-state index contributed by atoms with van der Waals surface area (Å²) in [6, 6.07) is 10.1. The average Bonchev–Trinajstić information content (AvgIpc) is 3.21. The number of piperidine rings is 1. The molecule has 1 unspecified atom stereocenters. The molecule has 0 radical (unpaired) electrons. The third kappa shape index (κ3) is 1.88. The topological polar surface area (TPSA) is 65.1 Å². The number of hydrogen-bond acceptors (Lipinski definition) is 4. The molecule has 0 aliphatic carbocycles. The molecule has 3 aromatic rings. The minimum absolute atomic E-state index is 0.190. The van der Waals surface area contributed by atoms with Crippen molar-refractivity contribution in [1.29, 1.82) is 0 Å². The minimum Gasteiger partial charge on any atom is -0.357 e. The fraction of sp³-hybridized carbons (Fsp3) is 0.316. The second-order valence-corrected chi connectivity index (χ2v) is 6.92. The summed E-state index contributed by atoms with van der Waals surface area (Å²) in [5.74, 6) is 1.07. The van der Waals surface area contributed by atoms with Gasteiger partial charge in [-0.15, -0.1) is 0 Å². The van der Waals surface area contributed by atoms with E-state index in [9.17, 15) is 4.79 Å². The maximum Gasteiger partial charge on any atom is 0.239 e. The van der Waals surface area contributed by atoms with Gasteiger partial charge in [-0.2, -0.15) is 0 Å². The standard InChI is InChI=1S/C19H19N5O/c1-23-15-6-3-2-5-13(15)19(18(23)25)8-4-10-24(11-19)17-16-14(7-9-20-16)21-12-22-17/h2-3,5-7,9,12,20H,4,8,10-11H2,1H3. The van der Waals surface area contributed by atoms with Gasteiger partial charge in [0, 0.05) is 32.0 Å². The molecule has 2 aliphatic rings. The molecule has 1 spiro atoms. The van der Waals surface area contributed by atoms with E-state index in [1.54, 1.807) is 6.33 Å². The van der Waals surface area contributed by atoms with Crippen LogP contribution in [0, 0.1) is 0 Å². The quantitative estimate of drug-likeness (QED) is 0.743. The van der Waals surface area contributed by atoms with Crippen LogP contribution in [0.5, 0.6) is 0 Å². The fourth-order valence-electron chi connectivity index (χ4n) is 4.45. The number of nitrogens with one attached hydrogen (secondary N) is 1. The molecule has 1 N–H and O–H groups in total. The molecule has 1 aromatic carbocycles. The zero-order valence-electron chi connectivity index (χ0n) is 14.1. The minimum atomic E-state index is -0.479. The smallest absolute Gasteiger partial charge is 0.239 e. The lowest BCUT2D eigenvalue weighted by molar-refractivity contribution is -0.123. The highest BCUT2D eigenvalue weighted by Crippen LogP contribution is 2.46. The summed E-state index contributed by atoms with van der Waals surface area (Å²) in [6.07, 6.45) is 5.32. The van der Waals surface area contributed by atoms with Crippen molar-refractivity contribution >= 4 is 28.4 Å². The lowest BCUT2D eigenvalue weighted by Gasteiger charge is -2.40. The van der Waals surface area contributed by atoms with Crippen LogP contribution in [0.25, 0.3) is 11.0 Å². The van der Waals surface area contributed by atoms with Gasteiger partial charge < -0.3 is 14.8 Å². The van der Waals surface area contributed by atoms with Gasteiger partial charge in [0.1, 0.15) is 11.8 Å². The Labute approximate surface area is 145 Å². The zero-order chi connectivity index (χ0) is 17.0. The van der Waals surface area contributed by atoms with Gasteiger partial charge in [-0.05, 0) is 30.5 Å². The summed E-state index contributed by atoms with van der Waals surface area (Å²) in [4.78, 5) is 29.3. The van der Waals surface area contributed by atoms with E-state index in [1.807, 2.05) is 42.4 Å². The van der Waals surface area contributed by atoms with E-state index in [4.69, 9.17) is 0 Å². The molecule has 4 heterocycles. The van der Waals surface area contributed by atoms with Crippen LogP contribution >= 0.6 is 0 Å². The number of anilines is 2. The number of amides is 1. The summed E-state index contributed by atoms with van der Waals surface area (Å²) in [6.45, 7) is 1.55. The summed E-state index contributed by atoms with van der Waals surface area (Å²) in [5.41, 5.74) is 3.53. The predicted molar refractivity (Wildman–Crippen MR) is 96.9 cm³/mol. The number of carbonyl (C=O) groups is 1. The van der Waals surface area contributed by atoms with Crippen LogP contribution < -0.4 is 9.80 Å². The molecule has 1 fully saturated rings. The lowest BCUT2D eigenvalue weighted by atomic mass is 9.75. The van der Waals surface area contributed by atoms with Crippen LogP contribution in [0.1, 0.15) is 18.4 Å². The Balaban J connectivity index is 1.61. The molecule has 0 saturated carbocycles. The Morgan fingerprint density at radius 1 is 1.20 bits per heavy atom. The molecule has 0 bridgehead atoms. The predicted octanol–water partition coefficient (Wildman–Crippen LogP) is 2.47. The molecule has 126 valence electrons. The maximum absolute atomic E-state index is 13.2. The SMILES string of the molecule is CN1C(=O)C2(CCCN(c3ncnc4cc[nH]c34)C2)c2ccccc21. The van der Waals surface area contributed by atoms with Crippen LogP contribution in [-0.2, 0) is 10.2 Å². The molecule has 1 saturated heterocycles. The molecular weight excluding hydrogens is 314 g/mol.